The minimum Gasteiger partial charge on any atom is -0.492 e. The van der Waals surface area contributed by atoms with Crippen LogP contribution >= 0.6 is 0 Å². The van der Waals surface area contributed by atoms with Crippen molar-refractivity contribution in [1.29, 1.82) is 0 Å². The number of benzene rings is 1. The first kappa shape index (κ1) is 17.0. The quantitative estimate of drug-likeness (QED) is 0.474. The molecule has 1 aromatic rings. The smallest absolute Gasteiger partial charge is 0.416 e. The highest BCUT2D eigenvalue weighted by Crippen LogP contribution is 2.40. The average molecular weight is 332 g/mol. The molecule has 0 fully saturated rings. The zero-order valence-electron chi connectivity index (χ0n) is 12.2. The standard InChI is InChI=1S/C15H12F4O4/c1-7-3-4-9(15(17,18)19)12(13(7)16)11-5-10(20)8(6-23-11)14(21)22-2/h3-4,6,11H,5H2,1-2H3. The maximum Gasteiger partial charge on any atom is 0.416 e. The third kappa shape index (κ3) is 3.20. The van der Waals surface area contributed by atoms with Crippen LogP contribution in [0.5, 0.6) is 0 Å². The second-order valence-corrected chi connectivity index (χ2v) is 4.93. The molecule has 0 saturated carbocycles. The van der Waals surface area contributed by atoms with Gasteiger partial charge in [-0.3, -0.25) is 4.79 Å². The van der Waals surface area contributed by atoms with E-state index in [-0.39, 0.29) is 5.56 Å². The summed E-state index contributed by atoms with van der Waals surface area (Å²) in [5.41, 5.74) is -2.39. The minimum atomic E-state index is -4.80. The molecule has 0 N–H and O–H groups in total. The number of ether oxygens (including phenoxy) is 2. The van der Waals surface area contributed by atoms with Gasteiger partial charge in [-0.05, 0) is 18.6 Å². The molecule has 0 amide bonds. The van der Waals surface area contributed by atoms with Crippen molar-refractivity contribution < 1.29 is 36.6 Å². The number of alkyl halides is 3. The number of esters is 1. The third-order valence-electron chi connectivity index (χ3n) is 3.43. The SMILES string of the molecule is COC(=O)C1=COC(c2c(C(F)(F)F)ccc(C)c2F)CC1=O. The number of methoxy groups -OCH3 is 1. The Morgan fingerprint density at radius 1 is 1.35 bits per heavy atom. The van der Waals surface area contributed by atoms with Crippen molar-refractivity contribution in [1.82, 2.24) is 0 Å². The summed E-state index contributed by atoms with van der Waals surface area (Å²) < 4.78 is 62.8. The Bertz CT molecular complexity index is 691. The van der Waals surface area contributed by atoms with Gasteiger partial charge in [0.15, 0.2) is 5.78 Å². The van der Waals surface area contributed by atoms with Gasteiger partial charge in [-0.25, -0.2) is 9.18 Å². The first-order valence-electron chi connectivity index (χ1n) is 6.50. The minimum absolute atomic E-state index is 0.00760. The van der Waals surface area contributed by atoms with E-state index in [1.807, 2.05) is 0 Å². The molecule has 0 bridgehead atoms. The summed E-state index contributed by atoms with van der Waals surface area (Å²) in [7, 11) is 1.05. The van der Waals surface area contributed by atoms with Crippen molar-refractivity contribution in [3.63, 3.8) is 0 Å². The molecular formula is C15H12F4O4. The molecule has 1 aromatic carbocycles. The highest BCUT2D eigenvalue weighted by atomic mass is 19.4. The number of ketones is 1. The second kappa shape index (κ2) is 6.02. The van der Waals surface area contributed by atoms with Gasteiger partial charge in [-0.15, -0.1) is 0 Å². The molecule has 0 saturated heterocycles. The van der Waals surface area contributed by atoms with Crippen LogP contribution in [0.4, 0.5) is 17.6 Å². The number of hydrogen-bond donors (Lipinski definition) is 0. The number of rotatable bonds is 2. The maximum atomic E-state index is 14.2. The van der Waals surface area contributed by atoms with Crippen LogP contribution in [0.25, 0.3) is 0 Å². The van der Waals surface area contributed by atoms with Gasteiger partial charge in [0.2, 0.25) is 0 Å². The molecule has 0 aliphatic carbocycles. The van der Waals surface area contributed by atoms with E-state index in [1.54, 1.807) is 0 Å². The fraction of sp³-hybridized carbons (Fsp3) is 0.333. The van der Waals surface area contributed by atoms with Crippen LogP contribution in [0.3, 0.4) is 0 Å². The van der Waals surface area contributed by atoms with Gasteiger partial charge >= 0.3 is 12.1 Å². The van der Waals surface area contributed by atoms with Crippen LogP contribution in [0.1, 0.15) is 29.2 Å². The highest BCUT2D eigenvalue weighted by molar-refractivity contribution is 6.17. The molecular weight excluding hydrogens is 320 g/mol. The van der Waals surface area contributed by atoms with E-state index in [2.05, 4.69) is 4.74 Å². The van der Waals surface area contributed by atoms with Crippen LogP contribution < -0.4 is 0 Å². The van der Waals surface area contributed by atoms with E-state index in [0.29, 0.717) is 6.26 Å². The Labute approximate surface area is 128 Å². The molecule has 23 heavy (non-hydrogen) atoms. The number of halogens is 4. The van der Waals surface area contributed by atoms with Crippen molar-refractivity contribution in [2.75, 3.05) is 7.11 Å². The van der Waals surface area contributed by atoms with Crippen LogP contribution in [0.15, 0.2) is 24.0 Å². The molecule has 1 unspecified atom stereocenters. The van der Waals surface area contributed by atoms with E-state index < -0.39 is 53.0 Å². The molecule has 2 rings (SSSR count). The van der Waals surface area contributed by atoms with Gasteiger partial charge in [-0.2, -0.15) is 13.2 Å². The van der Waals surface area contributed by atoms with E-state index in [0.717, 1.165) is 19.2 Å². The third-order valence-corrected chi connectivity index (χ3v) is 3.43. The lowest BCUT2D eigenvalue weighted by molar-refractivity contribution is -0.142. The molecule has 1 aliphatic heterocycles. The van der Waals surface area contributed by atoms with Crippen LogP contribution in [-0.2, 0) is 25.2 Å². The Morgan fingerprint density at radius 2 is 2.00 bits per heavy atom. The molecule has 4 nitrogen and oxygen atoms in total. The maximum absolute atomic E-state index is 14.2. The molecule has 124 valence electrons. The van der Waals surface area contributed by atoms with Crippen molar-refractivity contribution in [3.05, 3.63) is 46.5 Å². The lowest BCUT2D eigenvalue weighted by Gasteiger charge is -2.25. The monoisotopic (exact) mass is 332 g/mol. The predicted octanol–water partition coefficient (Wildman–Crippen LogP) is 3.24. The summed E-state index contributed by atoms with van der Waals surface area (Å²) in [6, 6.07) is 1.74. The highest BCUT2D eigenvalue weighted by Gasteiger charge is 2.40. The normalized spacial score (nSPS) is 18.3. The van der Waals surface area contributed by atoms with Crippen LogP contribution in [0.2, 0.25) is 0 Å². The van der Waals surface area contributed by atoms with Crippen molar-refractivity contribution in [2.45, 2.75) is 25.6 Å². The number of Topliss-reactive ketones (excluding diaryl/α,β-unsaturated/α-hetero) is 1. The Kier molecular flexibility index (Phi) is 4.44. The molecule has 1 atom stereocenters. The molecule has 0 spiro atoms. The fourth-order valence-corrected chi connectivity index (χ4v) is 2.25. The number of hydrogen-bond acceptors (Lipinski definition) is 4. The number of carbonyl (C=O) groups excluding carboxylic acids is 2. The second-order valence-electron chi connectivity index (χ2n) is 4.93. The molecule has 0 aromatic heterocycles. The van der Waals surface area contributed by atoms with E-state index in [9.17, 15) is 27.2 Å². The molecule has 0 radical (unpaired) electrons. The molecule has 1 heterocycles. The zero-order valence-corrected chi connectivity index (χ0v) is 12.2. The van der Waals surface area contributed by atoms with Gasteiger partial charge in [0.1, 0.15) is 23.8 Å². The number of aryl methyl sites for hydroxylation is 1. The van der Waals surface area contributed by atoms with Crippen molar-refractivity contribution in [2.24, 2.45) is 0 Å². The summed E-state index contributed by atoms with van der Waals surface area (Å²) in [5.74, 6) is -2.83. The van der Waals surface area contributed by atoms with Crippen molar-refractivity contribution >= 4 is 11.8 Å². The Morgan fingerprint density at radius 3 is 2.52 bits per heavy atom. The van der Waals surface area contributed by atoms with Gasteiger partial charge in [-0.1, -0.05) is 6.07 Å². The summed E-state index contributed by atoms with van der Waals surface area (Å²) in [6.07, 6.45) is -6.15. The largest absolute Gasteiger partial charge is 0.492 e. The zero-order chi connectivity index (χ0) is 17.4. The summed E-state index contributed by atoms with van der Waals surface area (Å²) in [5, 5.41) is 0. The number of carbonyl (C=O) groups is 2. The molecule has 1 aliphatic rings. The lowest BCUT2D eigenvalue weighted by atomic mass is 9.92. The summed E-state index contributed by atoms with van der Waals surface area (Å²) in [4.78, 5) is 23.2. The topological polar surface area (TPSA) is 52.6 Å². The van der Waals surface area contributed by atoms with Gasteiger partial charge in [0.05, 0.1) is 19.1 Å². The van der Waals surface area contributed by atoms with E-state index in [4.69, 9.17) is 4.74 Å². The Balaban J connectivity index is 2.48. The summed E-state index contributed by atoms with van der Waals surface area (Å²) in [6.45, 7) is 1.30. The lowest BCUT2D eigenvalue weighted by Crippen LogP contribution is -2.25. The van der Waals surface area contributed by atoms with Crippen LogP contribution in [-0.4, -0.2) is 18.9 Å². The Hall–Kier alpha value is -2.38. The van der Waals surface area contributed by atoms with Gasteiger partial charge < -0.3 is 9.47 Å². The van der Waals surface area contributed by atoms with Gasteiger partial charge in [0, 0.05) is 5.56 Å². The van der Waals surface area contributed by atoms with Crippen LogP contribution in [0, 0.1) is 12.7 Å². The first-order valence-corrected chi connectivity index (χ1v) is 6.50. The van der Waals surface area contributed by atoms with Gasteiger partial charge in [0.25, 0.3) is 0 Å². The molecule has 8 heteroatoms. The van der Waals surface area contributed by atoms with E-state index >= 15 is 0 Å². The predicted molar refractivity (Wildman–Crippen MR) is 69.7 cm³/mol. The van der Waals surface area contributed by atoms with Crippen molar-refractivity contribution in [3.8, 4) is 0 Å². The van der Waals surface area contributed by atoms with E-state index in [1.165, 1.54) is 6.92 Å². The summed E-state index contributed by atoms with van der Waals surface area (Å²) >= 11 is 0. The fourth-order valence-electron chi connectivity index (χ4n) is 2.25. The first-order chi connectivity index (χ1) is 10.7. The average Bonchev–Trinajstić information content (AvgIpc) is 2.47.